The second-order valence-corrected chi connectivity index (χ2v) is 19.5. The van der Waals surface area contributed by atoms with E-state index in [-0.39, 0.29) is 31.6 Å². The van der Waals surface area contributed by atoms with Crippen LogP contribution in [0.25, 0.3) is 0 Å². The van der Waals surface area contributed by atoms with Crippen LogP contribution in [0.1, 0.15) is 245 Å². The lowest BCUT2D eigenvalue weighted by Crippen LogP contribution is -2.30. The zero-order valence-corrected chi connectivity index (χ0v) is 48.7. The molecule has 0 radical (unpaired) electrons. The van der Waals surface area contributed by atoms with Gasteiger partial charge in [-0.3, -0.25) is 14.4 Å². The minimum atomic E-state index is -0.837. The van der Waals surface area contributed by atoms with E-state index >= 15 is 0 Å². The van der Waals surface area contributed by atoms with Crippen LogP contribution in [-0.2, 0) is 28.6 Å². The zero-order valence-electron chi connectivity index (χ0n) is 48.7. The summed E-state index contributed by atoms with van der Waals surface area (Å²) in [5.74, 6) is -1.07. The Labute approximate surface area is 467 Å². The van der Waals surface area contributed by atoms with Crippen molar-refractivity contribution in [3.05, 3.63) is 158 Å². The van der Waals surface area contributed by atoms with Crippen molar-refractivity contribution in [3.63, 3.8) is 0 Å². The van der Waals surface area contributed by atoms with Crippen molar-refractivity contribution >= 4 is 17.9 Å². The number of esters is 3. The van der Waals surface area contributed by atoms with E-state index in [2.05, 4.69) is 167 Å². The Bertz CT molecular complexity index is 1720. The molecule has 1 atom stereocenters. The van der Waals surface area contributed by atoms with Crippen molar-refractivity contribution in [2.45, 2.75) is 252 Å². The molecule has 0 aliphatic heterocycles. The van der Waals surface area contributed by atoms with Gasteiger partial charge in [-0.1, -0.05) is 275 Å². The highest BCUT2D eigenvalue weighted by atomic mass is 16.6. The fourth-order valence-corrected chi connectivity index (χ4v) is 7.83. The monoisotopic (exact) mass is 1050 g/mol. The highest BCUT2D eigenvalue weighted by molar-refractivity contribution is 5.72. The van der Waals surface area contributed by atoms with Gasteiger partial charge in [-0.2, -0.15) is 0 Å². The second kappa shape index (κ2) is 62.6. The van der Waals surface area contributed by atoms with E-state index < -0.39 is 12.1 Å². The molecule has 0 aromatic carbocycles. The molecule has 6 heteroatoms. The summed E-state index contributed by atoms with van der Waals surface area (Å²) < 4.78 is 16.7. The third-order valence-electron chi connectivity index (χ3n) is 12.3. The number of ether oxygens (including phenoxy) is 3. The lowest BCUT2D eigenvalue weighted by Gasteiger charge is -2.18. The smallest absolute Gasteiger partial charge is 0.310 e. The van der Waals surface area contributed by atoms with Crippen LogP contribution in [-0.4, -0.2) is 37.2 Å². The summed E-state index contributed by atoms with van der Waals surface area (Å²) in [4.78, 5) is 37.9. The van der Waals surface area contributed by atoms with Gasteiger partial charge in [0, 0.05) is 12.8 Å². The summed E-state index contributed by atoms with van der Waals surface area (Å²) in [6.45, 7) is 6.28. The average molecular weight is 1050 g/mol. The van der Waals surface area contributed by atoms with Gasteiger partial charge in [-0.15, -0.1) is 0 Å². The molecule has 0 saturated carbocycles. The molecule has 0 N–H and O–H groups in total. The molecule has 1 unspecified atom stereocenters. The third kappa shape index (κ3) is 59.9. The minimum absolute atomic E-state index is 0.0913. The number of hydrogen-bond acceptors (Lipinski definition) is 6. The Hall–Kier alpha value is -4.97. The molecule has 0 aliphatic carbocycles. The Morgan fingerprint density at radius 2 is 0.553 bits per heavy atom. The van der Waals surface area contributed by atoms with E-state index in [0.29, 0.717) is 19.3 Å². The van der Waals surface area contributed by atoms with Crippen molar-refractivity contribution in [1.82, 2.24) is 0 Å². The van der Waals surface area contributed by atoms with Gasteiger partial charge in [0.15, 0.2) is 6.10 Å². The van der Waals surface area contributed by atoms with E-state index in [1.165, 1.54) is 77.0 Å². The molecule has 0 bridgehead atoms. The van der Waals surface area contributed by atoms with Crippen LogP contribution in [0.5, 0.6) is 0 Å². The van der Waals surface area contributed by atoms with E-state index in [9.17, 15) is 14.4 Å². The summed E-state index contributed by atoms with van der Waals surface area (Å²) in [6, 6.07) is 0. The Morgan fingerprint density at radius 1 is 0.289 bits per heavy atom. The number of hydrogen-bond donors (Lipinski definition) is 0. The molecule has 426 valence electrons. The predicted molar refractivity (Wildman–Crippen MR) is 329 cm³/mol. The van der Waals surface area contributed by atoms with Crippen LogP contribution in [0.3, 0.4) is 0 Å². The fourth-order valence-electron chi connectivity index (χ4n) is 7.83. The number of allylic oxidation sites excluding steroid dienone is 25. The van der Waals surface area contributed by atoms with Gasteiger partial charge in [0.25, 0.3) is 0 Å². The van der Waals surface area contributed by atoms with Crippen LogP contribution in [0.15, 0.2) is 158 Å². The standard InChI is InChI=1S/C70H110O6/c1-4-7-10-13-16-19-21-23-25-26-27-28-29-30-31-32-33-34-35-36-37-38-39-40-41-42-43-44-46-47-49-51-54-57-60-63-69(72)75-66-67(65-74-68(71)62-59-56-53-18-15-12-9-6-3)76-70(73)64-61-58-55-52-50-48-45-24-22-20-17-14-11-8-5-2/h7-8,10-11,16-17,19-20,23-25,27-28,30-31,33-34,36-37,39-40,45,50,52,58,61,67H,4-6,9,12-15,18,21-22,26,29,32,35,38,41-44,46-49,51,53-57,59-60,62-66H2,1-3H3/b10-7-,11-8-,19-16-,20-17-,25-23-,28-27-,31-30-,34-33-,37-36-,40-39-,45-24-,52-50-,61-58-. The van der Waals surface area contributed by atoms with Crippen LogP contribution in [0.2, 0.25) is 0 Å². The zero-order chi connectivity index (χ0) is 55.0. The first kappa shape index (κ1) is 71.0. The maximum absolute atomic E-state index is 12.7. The highest BCUT2D eigenvalue weighted by Gasteiger charge is 2.19. The number of carbonyl (C=O) groups excluding carboxylic acids is 3. The Balaban J connectivity index is 4.20. The van der Waals surface area contributed by atoms with E-state index in [4.69, 9.17) is 14.2 Å². The van der Waals surface area contributed by atoms with Crippen molar-refractivity contribution < 1.29 is 28.6 Å². The first-order valence-electron chi connectivity index (χ1n) is 30.5. The number of carbonyl (C=O) groups is 3. The van der Waals surface area contributed by atoms with Gasteiger partial charge in [-0.25, -0.2) is 0 Å². The fraction of sp³-hybridized carbons (Fsp3) is 0.586. The average Bonchev–Trinajstić information content (AvgIpc) is 3.42. The topological polar surface area (TPSA) is 78.9 Å². The SMILES string of the molecule is CC/C=C\C/C=C\C/C=C\C/C=C\C/C=C\C/C=C\C/C=C\C/C=C\CCCCCCCCCCCCC(=O)OCC(COC(=O)CCCCCCCCCC)OC(=O)C/C=C\C/C=C\C/C=C\C/C=C\C/C=C\CC. The third-order valence-corrected chi connectivity index (χ3v) is 12.3. The Morgan fingerprint density at radius 3 is 0.868 bits per heavy atom. The molecule has 6 nitrogen and oxygen atoms in total. The van der Waals surface area contributed by atoms with Crippen molar-refractivity contribution in [2.24, 2.45) is 0 Å². The summed E-state index contributed by atoms with van der Waals surface area (Å²) in [5, 5.41) is 0. The maximum atomic E-state index is 12.7. The lowest BCUT2D eigenvalue weighted by molar-refractivity contribution is -0.166. The lowest BCUT2D eigenvalue weighted by atomic mass is 10.1. The van der Waals surface area contributed by atoms with Crippen molar-refractivity contribution in [2.75, 3.05) is 13.2 Å². The first-order chi connectivity index (χ1) is 37.5. The van der Waals surface area contributed by atoms with Crippen molar-refractivity contribution in [3.8, 4) is 0 Å². The molecule has 0 fully saturated rings. The quantitative estimate of drug-likeness (QED) is 0.0261. The molecular weight excluding hydrogens is 937 g/mol. The molecule has 76 heavy (non-hydrogen) atoms. The summed E-state index contributed by atoms with van der Waals surface area (Å²) in [5.41, 5.74) is 0. The van der Waals surface area contributed by atoms with E-state index in [1.807, 2.05) is 6.08 Å². The molecule has 0 amide bonds. The van der Waals surface area contributed by atoms with Crippen LogP contribution >= 0.6 is 0 Å². The summed E-state index contributed by atoms with van der Waals surface area (Å²) >= 11 is 0. The highest BCUT2D eigenvalue weighted by Crippen LogP contribution is 2.14. The van der Waals surface area contributed by atoms with Gasteiger partial charge < -0.3 is 14.2 Å². The molecule has 0 aromatic heterocycles. The van der Waals surface area contributed by atoms with Crippen LogP contribution in [0.4, 0.5) is 0 Å². The number of rotatable bonds is 53. The van der Waals surface area contributed by atoms with Gasteiger partial charge in [0.1, 0.15) is 13.2 Å². The van der Waals surface area contributed by atoms with Gasteiger partial charge in [0.05, 0.1) is 6.42 Å². The first-order valence-corrected chi connectivity index (χ1v) is 30.5. The summed E-state index contributed by atoms with van der Waals surface area (Å²) in [6.07, 6.45) is 91.5. The van der Waals surface area contributed by atoms with Crippen LogP contribution in [0, 0.1) is 0 Å². The molecule has 0 aromatic rings. The van der Waals surface area contributed by atoms with Crippen LogP contribution < -0.4 is 0 Å². The predicted octanol–water partition coefficient (Wildman–Crippen LogP) is 20.9. The van der Waals surface area contributed by atoms with E-state index in [0.717, 1.165) is 122 Å². The van der Waals surface area contributed by atoms with Gasteiger partial charge >= 0.3 is 17.9 Å². The van der Waals surface area contributed by atoms with Gasteiger partial charge in [0.2, 0.25) is 0 Å². The van der Waals surface area contributed by atoms with Gasteiger partial charge in [-0.05, 0) is 109 Å². The molecule has 0 aliphatic rings. The number of unbranched alkanes of at least 4 members (excludes halogenated alkanes) is 17. The Kier molecular flexibility index (Phi) is 58.5. The molecular formula is C70H110O6. The summed E-state index contributed by atoms with van der Waals surface area (Å²) in [7, 11) is 0. The molecule has 0 spiro atoms. The largest absolute Gasteiger partial charge is 0.462 e. The molecule has 0 heterocycles. The second-order valence-electron chi connectivity index (χ2n) is 19.5. The normalized spacial score (nSPS) is 13.2. The van der Waals surface area contributed by atoms with Crippen molar-refractivity contribution in [1.29, 1.82) is 0 Å². The minimum Gasteiger partial charge on any atom is -0.462 e. The molecule has 0 saturated heterocycles. The molecule has 0 rings (SSSR count). The van der Waals surface area contributed by atoms with E-state index in [1.54, 1.807) is 6.08 Å². The maximum Gasteiger partial charge on any atom is 0.310 e.